The van der Waals surface area contributed by atoms with E-state index in [1.807, 2.05) is 18.3 Å². The lowest BCUT2D eigenvalue weighted by Gasteiger charge is -2.13. The molecule has 3 aromatic rings. The van der Waals surface area contributed by atoms with Gasteiger partial charge in [-0.3, -0.25) is 4.79 Å². The fourth-order valence-electron chi connectivity index (χ4n) is 2.31. The van der Waals surface area contributed by atoms with Crippen molar-refractivity contribution in [2.24, 2.45) is 0 Å². The first kappa shape index (κ1) is 18.2. The highest BCUT2D eigenvalue weighted by Crippen LogP contribution is 2.35. The van der Waals surface area contributed by atoms with Crippen molar-refractivity contribution < 1.29 is 22.7 Å². The van der Waals surface area contributed by atoms with E-state index >= 15 is 0 Å². The molecule has 1 amide bonds. The normalized spacial score (nSPS) is 11.5. The number of aromatic nitrogens is 2. The number of hydrogen-bond donors (Lipinski definition) is 1. The number of pyridine rings is 1. The highest BCUT2D eigenvalue weighted by atomic mass is 79.9. The molecule has 0 radical (unpaired) electrons. The van der Waals surface area contributed by atoms with Gasteiger partial charge in [0.05, 0.1) is 17.8 Å². The highest BCUT2D eigenvalue weighted by Gasteiger charge is 2.34. The summed E-state index contributed by atoms with van der Waals surface area (Å²) in [5, 5.41) is 2.57. The number of imidazole rings is 1. The Kier molecular flexibility index (Phi) is 5.17. The van der Waals surface area contributed by atoms with Crippen molar-refractivity contribution in [1.82, 2.24) is 14.7 Å². The summed E-state index contributed by atoms with van der Waals surface area (Å²) in [5.41, 5.74) is 0.415. The van der Waals surface area contributed by atoms with Gasteiger partial charge in [-0.25, -0.2) is 4.98 Å². The number of halogens is 4. The van der Waals surface area contributed by atoms with Gasteiger partial charge in [0, 0.05) is 16.9 Å². The molecule has 0 unspecified atom stereocenters. The van der Waals surface area contributed by atoms with Crippen molar-refractivity contribution in [2.75, 3.05) is 6.61 Å². The number of ether oxygens (including phenoxy) is 1. The number of benzene rings is 1. The lowest BCUT2D eigenvalue weighted by atomic mass is 10.2. The Morgan fingerprint density at radius 2 is 1.96 bits per heavy atom. The number of carbonyl (C=O) groups excluding carboxylic acids is 1. The van der Waals surface area contributed by atoms with Gasteiger partial charge in [-0.1, -0.05) is 12.1 Å². The van der Waals surface area contributed by atoms with Crippen LogP contribution in [0.1, 0.15) is 11.3 Å². The molecule has 0 saturated carbocycles. The third-order valence-electron chi connectivity index (χ3n) is 3.48. The molecule has 0 spiro atoms. The maximum atomic E-state index is 12.9. The first-order valence-electron chi connectivity index (χ1n) is 7.52. The van der Waals surface area contributed by atoms with E-state index in [0.29, 0.717) is 11.3 Å². The molecule has 0 atom stereocenters. The van der Waals surface area contributed by atoms with E-state index in [-0.39, 0.29) is 12.3 Å². The van der Waals surface area contributed by atoms with Gasteiger partial charge in [0.1, 0.15) is 11.4 Å². The lowest BCUT2D eigenvalue weighted by molar-refractivity contribution is -0.139. The van der Waals surface area contributed by atoms with Crippen molar-refractivity contribution in [1.29, 1.82) is 0 Å². The van der Waals surface area contributed by atoms with E-state index in [0.717, 1.165) is 10.5 Å². The van der Waals surface area contributed by atoms with Crippen molar-refractivity contribution in [3.8, 4) is 5.75 Å². The molecule has 0 saturated heterocycles. The molecular formula is C17H13BrF3N3O2. The first-order chi connectivity index (χ1) is 12.3. The summed E-state index contributed by atoms with van der Waals surface area (Å²) in [6.45, 7) is -0.381. The summed E-state index contributed by atoms with van der Waals surface area (Å²) in [6, 6.07) is 8.41. The van der Waals surface area contributed by atoms with Gasteiger partial charge < -0.3 is 14.5 Å². The maximum absolute atomic E-state index is 12.9. The van der Waals surface area contributed by atoms with E-state index in [1.54, 1.807) is 10.6 Å². The largest absolute Gasteiger partial charge is 0.483 e. The van der Waals surface area contributed by atoms with Crippen LogP contribution in [0.25, 0.3) is 5.65 Å². The number of nitrogens with one attached hydrogen (secondary N) is 1. The average Bonchev–Trinajstić information content (AvgIpc) is 2.99. The standard InChI is InChI=1S/C17H13BrF3N3O2/c18-11-5-6-15-23-12(9-24(15)8-11)7-22-16(25)10-26-14-4-2-1-3-13(14)17(19,20)21/h1-6,8-9H,7,10H2,(H,22,25). The molecule has 1 N–H and O–H groups in total. The number of rotatable bonds is 5. The van der Waals surface area contributed by atoms with Gasteiger partial charge in [-0.2, -0.15) is 13.2 Å². The second kappa shape index (κ2) is 7.36. The minimum atomic E-state index is -4.54. The summed E-state index contributed by atoms with van der Waals surface area (Å²) >= 11 is 3.35. The van der Waals surface area contributed by atoms with Crippen LogP contribution in [0.5, 0.6) is 5.75 Å². The van der Waals surface area contributed by atoms with Gasteiger partial charge >= 0.3 is 6.18 Å². The van der Waals surface area contributed by atoms with E-state index in [9.17, 15) is 18.0 Å². The monoisotopic (exact) mass is 427 g/mol. The van der Waals surface area contributed by atoms with Gasteiger partial charge in [0.25, 0.3) is 5.91 Å². The Morgan fingerprint density at radius 1 is 1.19 bits per heavy atom. The van der Waals surface area contributed by atoms with Crippen LogP contribution in [-0.2, 0) is 17.5 Å². The predicted octanol–water partition coefficient (Wildman–Crippen LogP) is 3.81. The molecule has 0 aliphatic rings. The number of nitrogens with zero attached hydrogens (tertiary/aromatic N) is 2. The number of hydrogen-bond acceptors (Lipinski definition) is 3. The topological polar surface area (TPSA) is 55.6 Å². The second-order valence-electron chi connectivity index (χ2n) is 5.40. The summed E-state index contributed by atoms with van der Waals surface area (Å²) in [7, 11) is 0. The number of carbonyl (C=O) groups is 1. The van der Waals surface area contributed by atoms with Crippen LogP contribution in [0.15, 0.2) is 53.3 Å². The molecule has 9 heteroatoms. The SMILES string of the molecule is O=C(COc1ccccc1C(F)(F)F)NCc1cn2cc(Br)ccc2n1. The molecule has 3 rings (SSSR count). The van der Waals surface area contributed by atoms with Crippen LogP contribution in [0, 0.1) is 0 Å². The van der Waals surface area contributed by atoms with Crippen LogP contribution in [-0.4, -0.2) is 21.9 Å². The summed E-state index contributed by atoms with van der Waals surface area (Å²) in [4.78, 5) is 16.2. The van der Waals surface area contributed by atoms with E-state index in [4.69, 9.17) is 4.74 Å². The summed E-state index contributed by atoms with van der Waals surface area (Å²) < 4.78 is 46.3. The number of para-hydroxylation sites is 1. The van der Waals surface area contributed by atoms with Crippen molar-refractivity contribution in [3.05, 3.63) is 64.5 Å². The minimum Gasteiger partial charge on any atom is -0.483 e. The summed E-state index contributed by atoms with van der Waals surface area (Å²) in [5.74, 6) is -0.923. The molecule has 0 bridgehead atoms. The van der Waals surface area contributed by atoms with Crippen molar-refractivity contribution in [3.63, 3.8) is 0 Å². The summed E-state index contributed by atoms with van der Waals surface area (Å²) in [6.07, 6.45) is -0.969. The predicted molar refractivity (Wildman–Crippen MR) is 91.7 cm³/mol. The Balaban J connectivity index is 1.58. The lowest BCUT2D eigenvalue weighted by Crippen LogP contribution is -2.28. The van der Waals surface area contributed by atoms with E-state index in [1.165, 1.54) is 18.2 Å². The van der Waals surface area contributed by atoms with Crippen molar-refractivity contribution in [2.45, 2.75) is 12.7 Å². The molecule has 5 nitrogen and oxygen atoms in total. The fourth-order valence-corrected chi connectivity index (χ4v) is 2.67. The van der Waals surface area contributed by atoms with Gasteiger partial charge in [-0.15, -0.1) is 0 Å². The molecule has 1 aromatic carbocycles. The Bertz CT molecular complexity index is 940. The fraction of sp³-hybridized carbons (Fsp3) is 0.176. The quantitative estimate of drug-likeness (QED) is 0.673. The third-order valence-corrected chi connectivity index (χ3v) is 3.95. The molecule has 0 aliphatic heterocycles. The van der Waals surface area contributed by atoms with Crippen LogP contribution in [0.4, 0.5) is 13.2 Å². The van der Waals surface area contributed by atoms with Crippen LogP contribution < -0.4 is 10.1 Å². The molecule has 26 heavy (non-hydrogen) atoms. The number of amides is 1. The third kappa shape index (κ3) is 4.34. The van der Waals surface area contributed by atoms with E-state index < -0.39 is 24.3 Å². The van der Waals surface area contributed by atoms with E-state index in [2.05, 4.69) is 26.2 Å². The van der Waals surface area contributed by atoms with Gasteiger partial charge in [-0.05, 0) is 40.2 Å². The molecule has 0 fully saturated rings. The Morgan fingerprint density at radius 3 is 2.73 bits per heavy atom. The molecule has 2 aromatic heterocycles. The smallest absolute Gasteiger partial charge is 0.419 e. The van der Waals surface area contributed by atoms with Crippen LogP contribution in [0.2, 0.25) is 0 Å². The Labute approximate surface area is 154 Å². The minimum absolute atomic E-state index is 0.141. The molecule has 2 heterocycles. The highest BCUT2D eigenvalue weighted by molar-refractivity contribution is 9.10. The van der Waals surface area contributed by atoms with Crippen LogP contribution >= 0.6 is 15.9 Å². The molecular weight excluding hydrogens is 415 g/mol. The zero-order valence-corrected chi connectivity index (χ0v) is 14.8. The number of alkyl halides is 3. The van der Waals surface area contributed by atoms with Crippen LogP contribution in [0.3, 0.4) is 0 Å². The maximum Gasteiger partial charge on any atom is 0.419 e. The van der Waals surface area contributed by atoms with Gasteiger partial charge in [0.15, 0.2) is 6.61 Å². The second-order valence-corrected chi connectivity index (χ2v) is 6.32. The van der Waals surface area contributed by atoms with Gasteiger partial charge in [0.2, 0.25) is 0 Å². The average molecular weight is 428 g/mol. The Hall–Kier alpha value is -2.55. The zero-order valence-electron chi connectivity index (χ0n) is 13.3. The number of fused-ring (bicyclic) bond motifs is 1. The zero-order chi connectivity index (χ0) is 18.7. The molecule has 0 aliphatic carbocycles. The molecule has 136 valence electrons. The van der Waals surface area contributed by atoms with Crippen molar-refractivity contribution >= 4 is 27.5 Å². The first-order valence-corrected chi connectivity index (χ1v) is 8.31.